The Balaban J connectivity index is 2.01. The van der Waals surface area contributed by atoms with Crippen LogP contribution in [-0.4, -0.2) is 17.3 Å². The number of hydrogen-bond donors (Lipinski definition) is 1. The molecule has 2 aromatic rings. The molecule has 0 spiro atoms. The molecule has 3 nitrogen and oxygen atoms in total. The largest absolute Gasteiger partial charge is 0.330 e. The Bertz CT molecular complexity index is 546. The summed E-state index contributed by atoms with van der Waals surface area (Å²) >= 11 is 0. The fourth-order valence-electron chi connectivity index (χ4n) is 2.27. The number of aromatic nitrogens is 1. The molecule has 1 aromatic carbocycles. The zero-order valence-corrected chi connectivity index (χ0v) is 11.1. The van der Waals surface area contributed by atoms with Crippen LogP contribution in [0.1, 0.15) is 42.5 Å². The number of unbranched alkanes of at least 4 members (excludes halogenated alkanes) is 3. The molecule has 0 fully saturated rings. The monoisotopic (exact) mass is 256 g/mol. The van der Waals surface area contributed by atoms with Gasteiger partial charge in [-0.3, -0.25) is 9.78 Å². The van der Waals surface area contributed by atoms with Gasteiger partial charge >= 0.3 is 0 Å². The van der Waals surface area contributed by atoms with E-state index in [9.17, 15) is 4.79 Å². The lowest BCUT2D eigenvalue weighted by Crippen LogP contribution is -2.01. The fraction of sp³-hybridized carbons (Fsp3) is 0.375. The predicted molar refractivity (Wildman–Crippen MR) is 78.2 cm³/mol. The highest BCUT2D eigenvalue weighted by Crippen LogP contribution is 2.19. The second-order valence-electron chi connectivity index (χ2n) is 4.78. The summed E-state index contributed by atoms with van der Waals surface area (Å²) in [6.45, 7) is 0.739. The van der Waals surface area contributed by atoms with Gasteiger partial charge in [0.1, 0.15) is 0 Å². The van der Waals surface area contributed by atoms with Crippen LogP contribution in [0.3, 0.4) is 0 Å². The van der Waals surface area contributed by atoms with E-state index in [1.165, 1.54) is 0 Å². The first-order valence-electron chi connectivity index (χ1n) is 6.89. The molecule has 0 aliphatic rings. The zero-order valence-electron chi connectivity index (χ0n) is 11.1. The van der Waals surface area contributed by atoms with Gasteiger partial charge in [0.15, 0.2) is 5.78 Å². The molecule has 0 saturated heterocycles. The first-order valence-corrected chi connectivity index (χ1v) is 6.89. The van der Waals surface area contributed by atoms with Crippen LogP contribution in [0.2, 0.25) is 0 Å². The van der Waals surface area contributed by atoms with Gasteiger partial charge in [-0.1, -0.05) is 31.0 Å². The number of carbonyl (C=O) groups is 1. The summed E-state index contributed by atoms with van der Waals surface area (Å²) in [6.07, 6.45) is 8.31. The van der Waals surface area contributed by atoms with Crippen LogP contribution in [0.4, 0.5) is 0 Å². The molecule has 0 bridgehead atoms. The van der Waals surface area contributed by atoms with E-state index < -0.39 is 0 Å². The molecule has 100 valence electrons. The van der Waals surface area contributed by atoms with Gasteiger partial charge in [0.05, 0.1) is 0 Å². The number of carbonyl (C=O) groups excluding carboxylic acids is 1. The average molecular weight is 256 g/mol. The Morgan fingerprint density at radius 1 is 1.11 bits per heavy atom. The van der Waals surface area contributed by atoms with Gasteiger partial charge in [-0.2, -0.15) is 0 Å². The molecule has 0 saturated carbocycles. The summed E-state index contributed by atoms with van der Waals surface area (Å²) in [7, 11) is 0. The molecule has 2 rings (SSSR count). The van der Waals surface area contributed by atoms with Crippen LogP contribution in [-0.2, 0) is 0 Å². The molecule has 3 heteroatoms. The lowest BCUT2D eigenvalue weighted by molar-refractivity contribution is 0.0980. The Morgan fingerprint density at radius 2 is 1.95 bits per heavy atom. The minimum atomic E-state index is 0.214. The predicted octanol–water partition coefficient (Wildman–Crippen LogP) is 3.33. The van der Waals surface area contributed by atoms with Crippen molar-refractivity contribution >= 4 is 16.6 Å². The topological polar surface area (TPSA) is 56.0 Å². The van der Waals surface area contributed by atoms with Gasteiger partial charge in [-0.05, 0) is 30.8 Å². The van der Waals surface area contributed by atoms with Gasteiger partial charge in [-0.15, -0.1) is 0 Å². The summed E-state index contributed by atoms with van der Waals surface area (Å²) in [5.74, 6) is 0.214. The highest BCUT2D eigenvalue weighted by atomic mass is 16.1. The maximum absolute atomic E-state index is 12.2. The van der Waals surface area contributed by atoms with Crippen molar-refractivity contribution in [3.63, 3.8) is 0 Å². The number of ketones is 1. The number of hydrogen-bond acceptors (Lipinski definition) is 3. The number of nitrogens with two attached hydrogens (primary N) is 1. The average Bonchev–Trinajstić information content (AvgIpc) is 2.46. The van der Waals surface area contributed by atoms with Gasteiger partial charge in [-0.25, -0.2) is 0 Å². The molecule has 0 aliphatic heterocycles. The summed E-state index contributed by atoms with van der Waals surface area (Å²) < 4.78 is 0. The minimum absolute atomic E-state index is 0.214. The Labute approximate surface area is 113 Å². The molecule has 1 heterocycles. The number of benzene rings is 1. The van der Waals surface area contributed by atoms with Crippen molar-refractivity contribution in [2.75, 3.05) is 6.54 Å². The maximum Gasteiger partial charge on any atom is 0.163 e. The van der Waals surface area contributed by atoms with Crippen LogP contribution in [0.15, 0.2) is 36.7 Å². The molecule has 0 atom stereocenters. The molecule has 0 aliphatic carbocycles. The second-order valence-corrected chi connectivity index (χ2v) is 4.78. The van der Waals surface area contributed by atoms with E-state index >= 15 is 0 Å². The van der Waals surface area contributed by atoms with Crippen molar-refractivity contribution in [3.05, 3.63) is 42.2 Å². The third-order valence-electron chi connectivity index (χ3n) is 3.34. The lowest BCUT2D eigenvalue weighted by Gasteiger charge is -2.05. The second kappa shape index (κ2) is 7.00. The summed E-state index contributed by atoms with van der Waals surface area (Å²) in [6, 6.07) is 7.78. The zero-order chi connectivity index (χ0) is 13.5. The molecule has 1 aromatic heterocycles. The van der Waals surface area contributed by atoms with Crippen molar-refractivity contribution < 1.29 is 4.79 Å². The van der Waals surface area contributed by atoms with Crippen LogP contribution >= 0.6 is 0 Å². The van der Waals surface area contributed by atoms with Gasteiger partial charge in [0.2, 0.25) is 0 Å². The van der Waals surface area contributed by atoms with Gasteiger partial charge < -0.3 is 5.73 Å². The van der Waals surface area contributed by atoms with Crippen molar-refractivity contribution in [1.82, 2.24) is 4.98 Å². The van der Waals surface area contributed by atoms with Crippen molar-refractivity contribution in [1.29, 1.82) is 0 Å². The SMILES string of the molecule is NCCCCCCC(=O)c1cccc2ccncc12. The van der Waals surface area contributed by atoms with E-state index in [1.807, 2.05) is 24.3 Å². The summed E-state index contributed by atoms with van der Waals surface area (Å²) in [5, 5.41) is 2.03. The number of nitrogens with zero attached hydrogens (tertiary/aromatic N) is 1. The van der Waals surface area contributed by atoms with E-state index in [0.29, 0.717) is 6.42 Å². The van der Waals surface area contributed by atoms with Crippen molar-refractivity contribution in [2.45, 2.75) is 32.1 Å². The van der Waals surface area contributed by atoms with Crippen molar-refractivity contribution in [3.8, 4) is 0 Å². The number of pyridine rings is 1. The Hall–Kier alpha value is -1.74. The van der Waals surface area contributed by atoms with E-state index in [1.54, 1.807) is 12.4 Å². The summed E-state index contributed by atoms with van der Waals surface area (Å²) in [5.41, 5.74) is 6.25. The first-order chi connectivity index (χ1) is 9.33. The third-order valence-corrected chi connectivity index (χ3v) is 3.34. The van der Waals surface area contributed by atoms with Gasteiger partial charge in [0, 0.05) is 29.8 Å². The first kappa shape index (κ1) is 13.7. The Kier molecular flexibility index (Phi) is 5.04. The fourth-order valence-corrected chi connectivity index (χ4v) is 2.27. The van der Waals surface area contributed by atoms with Crippen molar-refractivity contribution in [2.24, 2.45) is 5.73 Å². The van der Waals surface area contributed by atoms with E-state index in [0.717, 1.165) is 48.6 Å². The van der Waals surface area contributed by atoms with E-state index in [2.05, 4.69) is 4.98 Å². The van der Waals surface area contributed by atoms with Crippen LogP contribution in [0, 0.1) is 0 Å². The quantitative estimate of drug-likeness (QED) is 0.610. The smallest absolute Gasteiger partial charge is 0.163 e. The molecule has 0 amide bonds. The van der Waals surface area contributed by atoms with Gasteiger partial charge in [0.25, 0.3) is 0 Å². The molecule has 0 unspecified atom stereocenters. The molecular weight excluding hydrogens is 236 g/mol. The standard InChI is InChI=1S/C16H20N2O/c17-10-4-2-1-3-8-16(19)14-7-5-6-13-9-11-18-12-15(13)14/h5-7,9,11-12H,1-4,8,10,17H2. The molecule has 0 radical (unpaired) electrons. The minimum Gasteiger partial charge on any atom is -0.330 e. The molecule has 19 heavy (non-hydrogen) atoms. The van der Waals surface area contributed by atoms with Crippen LogP contribution in [0.25, 0.3) is 10.8 Å². The number of Topliss-reactive ketones (excluding diaryl/α,β-unsaturated/α-hetero) is 1. The highest BCUT2D eigenvalue weighted by molar-refractivity contribution is 6.07. The summed E-state index contributed by atoms with van der Waals surface area (Å²) in [4.78, 5) is 16.3. The maximum atomic E-state index is 12.2. The lowest BCUT2D eigenvalue weighted by atomic mass is 9.99. The normalized spacial score (nSPS) is 10.8. The molecular formula is C16H20N2O. The number of fused-ring (bicyclic) bond motifs is 1. The highest BCUT2D eigenvalue weighted by Gasteiger charge is 2.09. The molecule has 2 N–H and O–H groups in total. The van der Waals surface area contributed by atoms with Crippen LogP contribution in [0.5, 0.6) is 0 Å². The Morgan fingerprint density at radius 3 is 2.79 bits per heavy atom. The van der Waals surface area contributed by atoms with Crippen LogP contribution < -0.4 is 5.73 Å². The van der Waals surface area contributed by atoms with E-state index in [4.69, 9.17) is 5.73 Å². The third kappa shape index (κ3) is 3.61. The van der Waals surface area contributed by atoms with E-state index in [-0.39, 0.29) is 5.78 Å². The number of rotatable bonds is 7.